The molecule has 0 fully saturated rings. The fourth-order valence-electron chi connectivity index (χ4n) is 5.53. The van der Waals surface area contributed by atoms with Gasteiger partial charge in [0.05, 0.1) is 39.2 Å². The topological polar surface area (TPSA) is 112 Å². The van der Waals surface area contributed by atoms with E-state index in [0.29, 0.717) is 43.8 Å². The Balaban J connectivity index is 2.43. The molecular weight excluding hydrogens is 488 g/mol. The molecule has 5 aromatic rings. The molecule has 5 rings (SSSR count). The normalized spacial score (nSPS) is 12.2. The van der Waals surface area contributed by atoms with Crippen LogP contribution in [-0.2, 0) is 0 Å². The largest absolute Gasteiger partial charge is 0.504 e. The minimum atomic E-state index is -0.623. The molecule has 0 aromatic heterocycles. The summed E-state index contributed by atoms with van der Waals surface area (Å²) in [5, 5.41) is 25.5. The number of allylic oxidation sites excluding steroid dienone is 2. The van der Waals surface area contributed by atoms with Crippen molar-refractivity contribution >= 4 is 55.2 Å². The van der Waals surface area contributed by atoms with Gasteiger partial charge in [0.15, 0.2) is 11.5 Å². The molecule has 0 bridgehead atoms. The molecule has 0 unspecified atom stereocenters. The van der Waals surface area contributed by atoms with Crippen molar-refractivity contribution in [3.8, 4) is 34.5 Å². The number of phenols is 2. The van der Waals surface area contributed by atoms with Gasteiger partial charge in [-0.2, -0.15) is 0 Å². The number of methoxy groups -OCH3 is 4. The van der Waals surface area contributed by atoms with Crippen LogP contribution in [0, 0.1) is 0 Å². The number of rotatable bonds is 6. The molecule has 0 radical (unpaired) electrons. The van der Waals surface area contributed by atoms with Crippen molar-refractivity contribution in [2.75, 3.05) is 28.4 Å². The Labute approximate surface area is 217 Å². The van der Waals surface area contributed by atoms with E-state index in [2.05, 4.69) is 0 Å². The highest BCUT2D eigenvalue weighted by molar-refractivity contribution is 6.39. The molecule has 0 aliphatic rings. The second kappa shape index (κ2) is 8.99. The van der Waals surface area contributed by atoms with Gasteiger partial charge in [0.25, 0.3) is 0 Å². The third-order valence-corrected chi connectivity index (χ3v) is 6.99. The molecule has 0 saturated heterocycles. The fraction of sp³-hybridized carbons (Fsp3) is 0.200. The zero-order chi connectivity index (χ0) is 27.5. The molecule has 0 atom stereocenters. The molecule has 5 aromatic carbocycles. The molecule has 38 heavy (non-hydrogen) atoms. The lowest BCUT2D eigenvalue weighted by molar-refractivity contribution is 0.398. The maximum atomic E-state index is 13.6. The molecule has 0 aliphatic heterocycles. The van der Waals surface area contributed by atoms with Crippen LogP contribution in [0.5, 0.6) is 34.5 Å². The number of aromatic hydroxyl groups is 2. The van der Waals surface area contributed by atoms with Gasteiger partial charge in [0.2, 0.25) is 10.9 Å². The van der Waals surface area contributed by atoms with Crippen LogP contribution in [-0.4, -0.2) is 38.7 Å². The Bertz CT molecular complexity index is 1790. The lowest BCUT2D eigenvalue weighted by Gasteiger charge is -2.23. The highest BCUT2D eigenvalue weighted by Gasteiger charge is 2.31. The summed E-state index contributed by atoms with van der Waals surface area (Å²) in [6.45, 7) is 3.52. The number of hydrogen-bond acceptors (Lipinski definition) is 8. The second-order valence-corrected chi connectivity index (χ2v) is 8.74. The SMILES string of the molecule is C/C=C/c1c(O)c(=O)c2c(OC)cc(OC)c3c4c(OC)cc(OC)c5c(=O)c(O)c(/C=C/C)c(c1c23)c54. The first kappa shape index (κ1) is 25.0. The van der Waals surface area contributed by atoms with Crippen LogP contribution in [0.15, 0.2) is 33.9 Å². The first-order valence-corrected chi connectivity index (χ1v) is 11.9. The summed E-state index contributed by atoms with van der Waals surface area (Å²) in [5.74, 6) is 0.190. The van der Waals surface area contributed by atoms with E-state index >= 15 is 0 Å². The number of hydrogen-bond donors (Lipinski definition) is 2. The zero-order valence-corrected chi connectivity index (χ0v) is 21.8. The minimum Gasteiger partial charge on any atom is -0.504 e. The average Bonchev–Trinajstić information content (AvgIpc) is 2.93. The van der Waals surface area contributed by atoms with Crippen LogP contribution in [0.3, 0.4) is 0 Å². The van der Waals surface area contributed by atoms with Crippen LogP contribution >= 0.6 is 0 Å². The van der Waals surface area contributed by atoms with Crippen molar-refractivity contribution in [2.24, 2.45) is 0 Å². The summed E-state index contributed by atoms with van der Waals surface area (Å²) in [5.41, 5.74) is -0.776. The maximum absolute atomic E-state index is 13.6. The summed E-state index contributed by atoms with van der Waals surface area (Å²) < 4.78 is 22.7. The Hall–Kier alpha value is -4.72. The molecule has 2 N–H and O–H groups in total. The van der Waals surface area contributed by atoms with Crippen molar-refractivity contribution in [1.82, 2.24) is 0 Å². The Morgan fingerprint density at radius 2 is 0.842 bits per heavy atom. The molecule has 0 saturated carbocycles. The molecule has 8 heteroatoms. The first-order chi connectivity index (χ1) is 18.3. The van der Waals surface area contributed by atoms with E-state index in [1.807, 2.05) is 0 Å². The lowest BCUT2D eigenvalue weighted by Crippen LogP contribution is -2.11. The molecular formula is C30H26O8. The second-order valence-electron chi connectivity index (χ2n) is 8.74. The van der Waals surface area contributed by atoms with Gasteiger partial charge in [-0.05, 0) is 13.8 Å². The number of phenolic OH excluding ortho intramolecular Hbond substituents is 2. The number of ether oxygens (including phenoxy) is 4. The average molecular weight is 515 g/mol. The monoisotopic (exact) mass is 514 g/mol. The van der Waals surface area contributed by atoms with Gasteiger partial charge in [-0.25, -0.2) is 0 Å². The third-order valence-electron chi connectivity index (χ3n) is 6.99. The van der Waals surface area contributed by atoms with Crippen LogP contribution in [0.25, 0.3) is 55.2 Å². The molecule has 0 aliphatic carbocycles. The smallest absolute Gasteiger partial charge is 0.232 e. The standard InChI is InChI=1S/C30H26O8/c1-7-9-13-19-20-14(10-8-2)28(32)30(34)24-18(38-6)12-16(36-4)22(26(20)24)21-15(35-3)11-17(37-5)23(25(19)21)29(33)27(13)31/h7-12,31-32H,1-6H3/b9-7+,10-8+. The van der Waals surface area contributed by atoms with Gasteiger partial charge < -0.3 is 29.2 Å². The van der Waals surface area contributed by atoms with E-state index in [9.17, 15) is 19.8 Å². The van der Waals surface area contributed by atoms with E-state index in [1.165, 1.54) is 28.4 Å². The summed E-state index contributed by atoms with van der Waals surface area (Å²) in [6.07, 6.45) is 6.64. The maximum Gasteiger partial charge on any atom is 0.232 e. The number of benzene rings is 5. The van der Waals surface area contributed by atoms with Gasteiger partial charge in [0.1, 0.15) is 23.0 Å². The Morgan fingerprint density at radius 3 is 1.13 bits per heavy atom. The highest BCUT2D eigenvalue weighted by atomic mass is 16.5. The molecule has 0 spiro atoms. The Morgan fingerprint density at radius 1 is 0.526 bits per heavy atom. The zero-order valence-electron chi connectivity index (χ0n) is 21.8. The number of fused-ring (bicyclic) bond motifs is 2. The molecule has 8 nitrogen and oxygen atoms in total. The van der Waals surface area contributed by atoms with E-state index < -0.39 is 22.4 Å². The van der Waals surface area contributed by atoms with Gasteiger partial charge in [0, 0.05) is 55.6 Å². The summed E-state index contributed by atoms with van der Waals surface area (Å²) >= 11 is 0. The van der Waals surface area contributed by atoms with Gasteiger partial charge in [-0.1, -0.05) is 24.3 Å². The van der Waals surface area contributed by atoms with Gasteiger partial charge >= 0.3 is 0 Å². The summed E-state index contributed by atoms with van der Waals surface area (Å²) in [7, 11) is 5.84. The predicted octanol–water partition coefficient (Wildman–Crippen LogP) is 5.41. The van der Waals surface area contributed by atoms with E-state index in [1.54, 1.807) is 50.3 Å². The van der Waals surface area contributed by atoms with E-state index in [4.69, 9.17) is 18.9 Å². The quantitative estimate of drug-likeness (QED) is 0.229. The minimum absolute atomic E-state index is 0.137. The van der Waals surface area contributed by atoms with Gasteiger partial charge in [-0.15, -0.1) is 0 Å². The van der Waals surface area contributed by atoms with Crippen LogP contribution in [0.1, 0.15) is 25.0 Å². The van der Waals surface area contributed by atoms with Crippen LogP contribution in [0.2, 0.25) is 0 Å². The molecule has 0 amide bonds. The fourth-order valence-corrected chi connectivity index (χ4v) is 5.53. The highest BCUT2D eigenvalue weighted by Crippen LogP contribution is 2.53. The van der Waals surface area contributed by atoms with Crippen LogP contribution < -0.4 is 29.8 Å². The van der Waals surface area contributed by atoms with E-state index in [0.717, 1.165) is 0 Å². The summed E-state index contributed by atoms with van der Waals surface area (Å²) in [6, 6.07) is 3.15. The van der Waals surface area contributed by atoms with E-state index in [-0.39, 0.29) is 33.4 Å². The van der Waals surface area contributed by atoms with Crippen molar-refractivity contribution in [3.63, 3.8) is 0 Å². The first-order valence-electron chi connectivity index (χ1n) is 11.9. The lowest BCUT2D eigenvalue weighted by atomic mass is 9.83. The van der Waals surface area contributed by atoms with Gasteiger partial charge in [-0.3, -0.25) is 9.59 Å². The Kier molecular flexibility index (Phi) is 5.90. The van der Waals surface area contributed by atoms with Crippen molar-refractivity contribution < 1.29 is 29.2 Å². The molecule has 0 heterocycles. The van der Waals surface area contributed by atoms with Crippen molar-refractivity contribution in [1.29, 1.82) is 0 Å². The summed E-state index contributed by atoms with van der Waals surface area (Å²) in [4.78, 5) is 27.2. The van der Waals surface area contributed by atoms with Crippen molar-refractivity contribution in [3.05, 3.63) is 55.9 Å². The third kappa shape index (κ3) is 3.03. The van der Waals surface area contributed by atoms with Crippen molar-refractivity contribution in [2.45, 2.75) is 13.8 Å². The predicted molar refractivity (Wildman–Crippen MR) is 150 cm³/mol. The van der Waals surface area contributed by atoms with Crippen LogP contribution in [0.4, 0.5) is 0 Å². The molecule has 194 valence electrons.